The SMILES string of the molecule is CC(c1ccccc1)N1CC(C(=O)NS(=O)(=O)N2CCSCC2)CC1=O. The highest BCUT2D eigenvalue weighted by Gasteiger charge is 2.39. The van der Waals surface area contributed by atoms with Crippen LogP contribution in [-0.4, -0.2) is 60.6 Å². The van der Waals surface area contributed by atoms with E-state index in [1.54, 1.807) is 16.7 Å². The van der Waals surface area contributed by atoms with Crippen LogP contribution >= 0.6 is 11.8 Å². The number of hydrogen-bond acceptors (Lipinski definition) is 5. The summed E-state index contributed by atoms with van der Waals surface area (Å²) in [5, 5.41) is 0. The van der Waals surface area contributed by atoms with Gasteiger partial charge in [-0.3, -0.25) is 9.59 Å². The molecule has 142 valence electrons. The van der Waals surface area contributed by atoms with Crippen molar-refractivity contribution in [2.45, 2.75) is 19.4 Å². The average molecular weight is 398 g/mol. The molecule has 26 heavy (non-hydrogen) atoms. The minimum Gasteiger partial charge on any atom is -0.335 e. The van der Waals surface area contributed by atoms with Crippen molar-refractivity contribution in [1.29, 1.82) is 0 Å². The van der Waals surface area contributed by atoms with Crippen LogP contribution in [0.2, 0.25) is 0 Å². The third-order valence-corrected chi connectivity index (χ3v) is 7.26. The topological polar surface area (TPSA) is 86.8 Å². The number of likely N-dealkylation sites (tertiary alicyclic amines) is 1. The Morgan fingerprint density at radius 1 is 1.23 bits per heavy atom. The molecular weight excluding hydrogens is 374 g/mol. The Bertz CT molecular complexity index is 763. The molecule has 0 spiro atoms. The van der Waals surface area contributed by atoms with Crippen LogP contribution in [0.25, 0.3) is 0 Å². The molecule has 0 saturated carbocycles. The molecule has 1 aromatic carbocycles. The summed E-state index contributed by atoms with van der Waals surface area (Å²) in [6.45, 7) is 2.93. The van der Waals surface area contributed by atoms with Gasteiger partial charge in [0.2, 0.25) is 11.8 Å². The second kappa shape index (κ2) is 7.98. The van der Waals surface area contributed by atoms with Gasteiger partial charge >= 0.3 is 10.2 Å². The van der Waals surface area contributed by atoms with Crippen molar-refractivity contribution in [3.8, 4) is 0 Å². The first-order valence-corrected chi connectivity index (χ1v) is 11.2. The molecule has 0 radical (unpaired) electrons. The van der Waals surface area contributed by atoms with Gasteiger partial charge in [-0.15, -0.1) is 0 Å². The van der Waals surface area contributed by atoms with Gasteiger partial charge < -0.3 is 4.90 Å². The van der Waals surface area contributed by atoms with Gasteiger partial charge in [-0.05, 0) is 12.5 Å². The lowest BCUT2D eigenvalue weighted by Gasteiger charge is -2.26. The third-order valence-electron chi connectivity index (χ3n) is 4.82. The van der Waals surface area contributed by atoms with Crippen LogP contribution in [-0.2, 0) is 19.8 Å². The van der Waals surface area contributed by atoms with E-state index in [1.807, 2.05) is 37.3 Å². The highest BCUT2D eigenvalue weighted by Crippen LogP contribution is 2.28. The summed E-state index contributed by atoms with van der Waals surface area (Å²) in [4.78, 5) is 26.4. The number of nitrogens with zero attached hydrogens (tertiary/aromatic N) is 2. The zero-order valence-electron chi connectivity index (χ0n) is 14.6. The van der Waals surface area contributed by atoms with Crippen molar-refractivity contribution < 1.29 is 18.0 Å². The van der Waals surface area contributed by atoms with E-state index in [-0.39, 0.29) is 24.9 Å². The molecular formula is C17H23N3O4S2. The zero-order chi connectivity index (χ0) is 18.7. The highest BCUT2D eigenvalue weighted by atomic mass is 32.2. The molecule has 3 rings (SSSR count). The molecule has 0 aliphatic carbocycles. The fourth-order valence-corrected chi connectivity index (χ4v) is 5.60. The van der Waals surface area contributed by atoms with Gasteiger partial charge in [0, 0.05) is 37.6 Å². The van der Waals surface area contributed by atoms with Crippen LogP contribution in [0.5, 0.6) is 0 Å². The Balaban J connectivity index is 1.63. The van der Waals surface area contributed by atoms with Crippen molar-refractivity contribution >= 4 is 33.8 Å². The monoisotopic (exact) mass is 397 g/mol. The predicted molar refractivity (Wildman–Crippen MR) is 101 cm³/mol. The first-order chi connectivity index (χ1) is 12.4. The summed E-state index contributed by atoms with van der Waals surface area (Å²) in [5.74, 6) is 0.0638. The minimum absolute atomic E-state index is 0.0361. The van der Waals surface area contributed by atoms with Crippen LogP contribution in [0.4, 0.5) is 0 Å². The second-order valence-electron chi connectivity index (χ2n) is 6.52. The standard InChI is InChI=1S/C17H23N3O4S2/c1-13(14-5-3-2-4-6-14)20-12-15(11-16(20)21)17(22)18-26(23,24)19-7-9-25-10-8-19/h2-6,13,15H,7-12H2,1H3,(H,18,22). The Morgan fingerprint density at radius 2 is 1.88 bits per heavy atom. The van der Waals surface area contributed by atoms with E-state index in [4.69, 9.17) is 0 Å². The van der Waals surface area contributed by atoms with Crippen molar-refractivity contribution in [3.63, 3.8) is 0 Å². The molecule has 7 nitrogen and oxygen atoms in total. The van der Waals surface area contributed by atoms with E-state index in [9.17, 15) is 18.0 Å². The van der Waals surface area contributed by atoms with E-state index >= 15 is 0 Å². The Morgan fingerprint density at radius 3 is 2.54 bits per heavy atom. The summed E-state index contributed by atoms with van der Waals surface area (Å²) >= 11 is 1.69. The predicted octanol–water partition coefficient (Wildman–Crippen LogP) is 1.01. The summed E-state index contributed by atoms with van der Waals surface area (Å²) in [6, 6.07) is 9.42. The molecule has 0 aromatic heterocycles. The van der Waals surface area contributed by atoms with Gasteiger partial charge in [0.1, 0.15) is 0 Å². The van der Waals surface area contributed by atoms with Gasteiger partial charge in [0.25, 0.3) is 0 Å². The lowest BCUT2D eigenvalue weighted by Crippen LogP contribution is -2.48. The second-order valence-corrected chi connectivity index (χ2v) is 9.41. The van der Waals surface area contributed by atoms with Crippen molar-refractivity contribution in [2.75, 3.05) is 31.1 Å². The number of carbonyl (C=O) groups is 2. The van der Waals surface area contributed by atoms with E-state index in [0.29, 0.717) is 13.1 Å². The number of benzene rings is 1. The molecule has 1 N–H and O–H groups in total. The largest absolute Gasteiger partial charge is 0.335 e. The van der Waals surface area contributed by atoms with Crippen LogP contribution in [0.3, 0.4) is 0 Å². The smallest absolute Gasteiger partial charge is 0.303 e. The minimum atomic E-state index is -3.84. The number of amides is 2. The number of thioether (sulfide) groups is 1. The Hall–Kier alpha value is -1.58. The third kappa shape index (κ3) is 4.21. The fourth-order valence-electron chi connectivity index (χ4n) is 3.26. The molecule has 9 heteroatoms. The fraction of sp³-hybridized carbons (Fsp3) is 0.529. The first kappa shape index (κ1) is 19.2. The maximum Gasteiger partial charge on any atom is 0.303 e. The van der Waals surface area contributed by atoms with Crippen molar-refractivity contribution in [3.05, 3.63) is 35.9 Å². The molecule has 2 aliphatic heterocycles. The highest BCUT2D eigenvalue weighted by molar-refractivity contribution is 7.99. The molecule has 2 saturated heterocycles. The maximum atomic E-state index is 12.5. The molecule has 2 aliphatic rings. The van der Waals surface area contributed by atoms with Crippen LogP contribution in [0, 0.1) is 5.92 Å². The number of carbonyl (C=O) groups excluding carboxylic acids is 2. The zero-order valence-corrected chi connectivity index (χ0v) is 16.3. The summed E-state index contributed by atoms with van der Waals surface area (Å²) in [6.07, 6.45) is 0.0361. The lowest BCUT2D eigenvalue weighted by atomic mass is 10.1. The average Bonchev–Trinajstić information content (AvgIpc) is 3.04. The van der Waals surface area contributed by atoms with Gasteiger partial charge in [-0.25, -0.2) is 4.72 Å². The molecule has 0 bridgehead atoms. The van der Waals surface area contributed by atoms with Crippen LogP contribution in [0.15, 0.2) is 30.3 Å². The number of nitrogens with one attached hydrogen (secondary N) is 1. The Labute approximate surface area is 158 Å². The van der Waals surface area contributed by atoms with E-state index in [2.05, 4.69) is 4.72 Å². The lowest BCUT2D eigenvalue weighted by molar-refractivity contribution is -0.130. The van der Waals surface area contributed by atoms with E-state index < -0.39 is 22.0 Å². The molecule has 2 heterocycles. The maximum absolute atomic E-state index is 12.5. The molecule has 2 fully saturated rings. The van der Waals surface area contributed by atoms with Gasteiger partial charge in [-0.2, -0.15) is 24.5 Å². The summed E-state index contributed by atoms with van der Waals surface area (Å²) < 4.78 is 28.2. The molecule has 2 amide bonds. The number of hydrogen-bond donors (Lipinski definition) is 1. The summed E-state index contributed by atoms with van der Waals surface area (Å²) in [7, 11) is -3.84. The van der Waals surface area contributed by atoms with E-state index in [1.165, 1.54) is 4.31 Å². The Kier molecular flexibility index (Phi) is 5.89. The van der Waals surface area contributed by atoms with Gasteiger partial charge in [0.05, 0.1) is 12.0 Å². The van der Waals surface area contributed by atoms with Gasteiger partial charge in [0.15, 0.2) is 0 Å². The molecule has 2 unspecified atom stereocenters. The number of rotatable bonds is 5. The molecule has 1 aromatic rings. The van der Waals surface area contributed by atoms with Crippen molar-refractivity contribution in [2.24, 2.45) is 5.92 Å². The van der Waals surface area contributed by atoms with Crippen LogP contribution in [0.1, 0.15) is 24.9 Å². The first-order valence-electron chi connectivity index (χ1n) is 8.62. The normalized spacial score (nSPS) is 23.0. The van der Waals surface area contributed by atoms with Crippen LogP contribution < -0.4 is 4.72 Å². The quantitative estimate of drug-likeness (QED) is 0.801. The van der Waals surface area contributed by atoms with E-state index in [0.717, 1.165) is 17.1 Å². The van der Waals surface area contributed by atoms with Gasteiger partial charge in [-0.1, -0.05) is 30.3 Å². The van der Waals surface area contributed by atoms with Crippen molar-refractivity contribution in [1.82, 2.24) is 13.9 Å². The summed E-state index contributed by atoms with van der Waals surface area (Å²) in [5.41, 5.74) is 0.986. The molecule has 2 atom stereocenters.